The number of carbonyl (C=O) groups excluding carboxylic acids is 2. The van der Waals surface area contributed by atoms with Gasteiger partial charge in [0.15, 0.2) is 0 Å². The smallest absolute Gasteiger partial charge is 0.299 e. The number of alkyl halides is 1. The Bertz CT molecular complexity index is 525. The number of amides is 1. The van der Waals surface area contributed by atoms with Crippen molar-refractivity contribution in [2.24, 2.45) is 0 Å². The Morgan fingerprint density at radius 1 is 1.33 bits per heavy atom. The molecule has 1 heterocycles. The standard InChI is InChI=1S/C13H12ClNO3/c1-18-9-4-5-10-11(8-9)15(7-3-2-6-14)13(17)12(10)16/h2-5,8H,6-7H2,1H3. The van der Waals surface area contributed by atoms with E-state index in [2.05, 4.69) is 0 Å². The molecule has 1 aromatic rings. The van der Waals surface area contributed by atoms with Crippen molar-refractivity contribution in [1.29, 1.82) is 0 Å². The Hall–Kier alpha value is -1.81. The van der Waals surface area contributed by atoms with Crippen molar-refractivity contribution in [1.82, 2.24) is 0 Å². The third kappa shape index (κ3) is 2.11. The fraction of sp³-hybridized carbons (Fsp3) is 0.231. The lowest BCUT2D eigenvalue weighted by Crippen LogP contribution is -2.29. The normalized spacial score (nSPS) is 14.4. The molecule has 0 aliphatic carbocycles. The predicted octanol–water partition coefficient (Wildman–Crippen LogP) is 2.02. The van der Waals surface area contributed by atoms with Crippen molar-refractivity contribution in [3.63, 3.8) is 0 Å². The quantitative estimate of drug-likeness (QED) is 0.475. The van der Waals surface area contributed by atoms with Crippen LogP contribution in [0.1, 0.15) is 10.4 Å². The monoisotopic (exact) mass is 265 g/mol. The molecule has 0 radical (unpaired) electrons. The van der Waals surface area contributed by atoms with Crippen LogP contribution in [0.3, 0.4) is 0 Å². The number of nitrogens with zero attached hydrogens (tertiary/aromatic N) is 1. The van der Waals surface area contributed by atoms with E-state index in [1.165, 1.54) is 12.0 Å². The lowest BCUT2D eigenvalue weighted by atomic mass is 10.1. The minimum Gasteiger partial charge on any atom is -0.497 e. The van der Waals surface area contributed by atoms with Crippen LogP contribution in [0.25, 0.3) is 0 Å². The van der Waals surface area contributed by atoms with Gasteiger partial charge in [0, 0.05) is 18.5 Å². The minimum atomic E-state index is -0.516. The van der Waals surface area contributed by atoms with E-state index in [4.69, 9.17) is 16.3 Å². The van der Waals surface area contributed by atoms with Crippen LogP contribution in [0, 0.1) is 0 Å². The fourth-order valence-corrected chi connectivity index (χ4v) is 1.95. The van der Waals surface area contributed by atoms with Crippen molar-refractivity contribution in [3.05, 3.63) is 35.9 Å². The molecule has 0 saturated heterocycles. The maximum Gasteiger partial charge on any atom is 0.299 e. The third-order valence-corrected chi connectivity index (χ3v) is 2.90. The number of rotatable bonds is 4. The largest absolute Gasteiger partial charge is 0.497 e. The van der Waals surface area contributed by atoms with Crippen molar-refractivity contribution in [3.8, 4) is 5.75 Å². The molecule has 1 aromatic carbocycles. The summed E-state index contributed by atoms with van der Waals surface area (Å²) in [5.41, 5.74) is 1.00. The highest BCUT2D eigenvalue weighted by molar-refractivity contribution is 6.52. The Labute approximate surface area is 110 Å². The summed E-state index contributed by atoms with van der Waals surface area (Å²) in [7, 11) is 1.54. The van der Waals surface area contributed by atoms with E-state index >= 15 is 0 Å². The number of anilines is 1. The molecular weight excluding hydrogens is 254 g/mol. The maximum absolute atomic E-state index is 11.8. The van der Waals surface area contributed by atoms with Gasteiger partial charge in [0.1, 0.15) is 5.75 Å². The molecular formula is C13H12ClNO3. The zero-order valence-corrected chi connectivity index (χ0v) is 10.6. The minimum absolute atomic E-state index is 0.331. The fourth-order valence-electron chi connectivity index (χ4n) is 1.83. The highest BCUT2D eigenvalue weighted by Gasteiger charge is 2.35. The molecule has 5 heteroatoms. The molecule has 1 aliphatic rings. The number of Topliss-reactive ketones (excluding diaryl/α,β-unsaturated/α-hetero) is 1. The summed E-state index contributed by atoms with van der Waals surface area (Å²) in [4.78, 5) is 25.0. The molecule has 0 unspecified atom stereocenters. The zero-order valence-electron chi connectivity index (χ0n) is 9.85. The van der Waals surface area contributed by atoms with Crippen molar-refractivity contribution >= 4 is 29.0 Å². The summed E-state index contributed by atoms with van der Waals surface area (Å²) in [6.07, 6.45) is 3.49. The lowest BCUT2D eigenvalue weighted by Gasteiger charge is -2.14. The van der Waals surface area contributed by atoms with Gasteiger partial charge in [0.05, 0.1) is 18.4 Å². The first-order valence-electron chi connectivity index (χ1n) is 5.44. The van der Waals surface area contributed by atoms with Gasteiger partial charge in [-0.05, 0) is 12.1 Å². The van der Waals surface area contributed by atoms with Crippen molar-refractivity contribution in [2.75, 3.05) is 24.4 Å². The van der Waals surface area contributed by atoms with E-state index in [0.29, 0.717) is 29.4 Å². The van der Waals surface area contributed by atoms with Gasteiger partial charge in [-0.25, -0.2) is 0 Å². The number of benzene rings is 1. The molecule has 0 saturated carbocycles. The second kappa shape index (κ2) is 5.23. The van der Waals surface area contributed by atoms with Gasteiger partial charge in [0.2, 0.25) is 0 Å². The van der Waals surface area contributed by atoms with Gasteiger partial charge in [-0.15, -0.1) is 11.6 Å². The number of carbonyl (C=O) groups is 2. The van der Waals surface area contributed by atoms with Gasteiger partial charge in [-0.1, -0.05) is 12.2 Å². The SMILES string of the molecule is COc1ccc2c(c1)N(CC=CCCl)C(=O)C2=O. The summed E-state index contributed by atoms with van der Waals surface area (Å²) in [6.45, 7) is 0.331. The van der Waals surface area contributed by atoms with E-state index in [0.717, 1.165) is 0 Å². The molecule has 4 nitrogen and oxygen atoms in total. The number of allylic oxidation sites excluding steroid dienone is 1. The van der Waals surface area contributed by atoms with Crippen LogP contribution in [0.5, 0.6) is 5.75 Å². The first-order chi connectivity index (χ1) is 8.69. The highest BCUT2D eigenvalue weighted by atomic mass is 35.5. The Morgan fingerprint density at radius 2 is 2.11 bits per heavy atom. The Morgan fingerprint density at radius 3 is 2.78 bits per heavy atom. The second-order valence-corrected chi connectivity index (χ2v) is 4.06. The van der Waals surface area contributed by atoms with Gasteiger partial charge in [-0.2, -0.15) is 0 Å². The van der Waals surface area contributed by atoms with Crippen LogP contribution in [0.2, 0.25) is 0 Å². The number of hydrogen-bond donors (Lipinski definition) is 0. The van der Waals surface area contributed by atoms with Crippen LogP contribution in [-0.2, 0) is 4.79 Å². The zero-order chi connectivity index (χ0) is 13.1. The average Bonchev–Trinajstić information content (AvgIpc) is 2.63. The summed E-state index contributed by atoms with van der Waals surface area (Å²) >= 11 is 5.52. The molecule has 1 aliphatic heterocycles. The molecule has 18 heavy (non-hydrogen) atoms. The van der Waals surface area contributed by atoms with E-state index < -0.39 is 11.7 Å². The second-order valence-electron chi connectivity index (χ2n) is 3.75. The molecule has 2 rings (SSSR count). The third-order valence-electron chi connectivity index (χ3n) is 2.72. The first kappa shape index (κ1) is 12.6. The van der Waals surface area contributed by atoms with Crippen molar-refractivity contribution in [2.45, 2.75) is 0 Å². The molecule has 1 amide bonds. The molecule has 0 N–H and O–H groups in total. The molecule has 0 spiro atoms. The van der Waals surface area contributed by atoms with Crippen molar-refractivity contribution < 1.29 is 14.3 Å². The number of ether oxygens (including phenoxy) is 1. The first-order valence-corrected chi connectivity index (χ1v) is 5.97. The van der Waals surface area contributed by atoms with Crippen LogP contribution in [0.15, 0.2) is 30.4 Å². The summed E-state index contributed by atoms with van der Waals surface area (Å²) in [5.74, 6) is -0.00649. The van der Waals surface area contributed by atoms with Crippen LogP contribution in [-0.4, -0.2) is 31.2 Å². The maximum atomic E-state index is 11.8. The van der Waals surface area contributed by atoms with E-state index in [1.807, 2.05) is 0 Å². The van der Waals surface area contributed by atoms with E-state index in [9.17, 15) is 9.59 Å². The van der Waals surface area contributed by atoms with Gasteiger partial charge in [-0.3, -0.25) is 9.59 Å². The summed E-state index contributed by atoms with van der Waals surface area (Å²) < 4.78 is 5.10. The number of halogens is 1. The predicted molar refractivity (Wildman–Crippen MR) is 69.5 cm³/mol. The molecule has 0 atom stereocenters. The van der Waals surface area contributed by atoms with Gasteiger partial charge in [0.25, 0.3) is 11.7 Å². The summed E-state index contributed by atoms with van der Waals surface area (Å²) in [6, 6.07) is 4.97. The molecule has 0 fully saturated rings. The number of fused-ring (bicyclic) bond motifs is 1. The van der Waals surface area contributed by atoms with E-state index in [1.54, 1.807) is 30.4 Å². The van der Waals surface area contributed by atoms with Crippen LogP contribution < -0.4 is 9.64 Å². The number of hydrogen-bond acceptors (Lipinski definition) is 3. The summed E-state index contributed by atoms with van der Waals surface area (Å²) in [5, 5.41) is 0. The number of methoxy groups -OCH3 is 1. The van der Waals surface area contributed by atoms with Gasteiger partial charge < -0.3 is 9.64 Å². The Kier molecular flexibility index (Phi) is 3.67. The van der Waals surface area contributed by atoms with Crippen LogP contribution >= 0.6 is 11.6 Å². The van der Waals surface area contributed by atoms with Crippen LogP contribution in [0.4, 0.5) is 5.69 Å². The highest BCUT2D eigenvalue weighted by Crippen LogP contribution is 2.32. The molecule has 0 bridgehead atoms. The van der Waals surface area contributed by atoms with Gasteiger partial charge >= 0.3 is 0 Å². The lowest BCUT2D eigenvalue weighted by molar-refractivity contribution is -0.114. The Balaban J connectivity index is 2.36. The topological polar surface area (TPSA) is 46.6 Å². The average molecular weight is 266 g/mol. The molecule has 94 valence electrons. The molecule has 0 aromatic heterocycles. The van der Waals surface area contributed by atoms with E-state index in [-0.39, 0.29) is 0 Å². The number of ketones is 1.